The minimum Gasteiger partial charge on any atom is -0.368 e. The second-order valence-corrected chi connectivity index (χ2v) is 7.70. The summed E-state index contributed by atoms with van der Waals surface area (Å²) in [6, 6.07) is 5.53. The van der Waals surface area contributed by atoms with Gasteiger partial charge in [0.05, 0.1) is 18.0 Å². The van der Waals surface area contributed by atoms with Gasteiger partial charge < -0.3 is 11.1 Å². The maximum atomic E-state index is 14.3. The Kier molecular flexibility index (Phi) is 4.98. The molecule has 1 fully saturated rings. The van der Waals surface area contributed by atoms with Gasteiger partial charge in [-0.05, 0) is 29.5 Å². The van der Waals surface area contributed by atoms with Crippen molar-refractivity contribution in [3.8, 4) is 6.07 Å². The predicted molar refractivity (Wildman–Crippen MR) is 87.2 cm³/mol. The second-order valence-electron chi connectivity index (χ2n) is 7.26. The summed E-state index contributed by atoms with van der Waals surface area (Å²) in [5, 5.41) is 13.0. The third kappa shape index (κ3) is 3.82. The fraction of sp³-hybridized carbons (Fsp3) is 0.529. The maximum absolute atomic E-state index is 14.3. The molecule has 1 amide bonds. The van der Waals surface area contributed by atoms with E-state index in [4.69, 9.17) is 17.3 Å². The van der Waals surface area contributed by atoms with Crippen molar-refractivity contribution in [2.24, 2.45) is 17.1 Å². The number of amides is 1. The predicted octanol–water partition coefficient (Wildman–Crippen LogP) is 2.96. The van der Waals surface area contributed by atoms with Gasteiger partial charge in [-0.3, -0.25) is 4.79 Å². The highest BCUT2D eigenvalue weighted by atomic mass is 35.5. The van der Waals surface area contributed by atoms with Crippen molar-refractivity contribution < 1.29 is 9.18 Å². The molecular weight excluding hydrogens is 317 g/mol. The first-order valence-electron chi connectivity index (χ1n) is 7.54. The number of nitriles is 1. The first-order valence-corrected chi connectivity index (χ1v) is 7.92. The number of carbonyl (C=O) groups excluding carboxylic acids is 1. The van der Waals surface area contributed by atoms with E-state index in [1.807, 2.05) is 0 Å². The molecule has 1 saturated heterocycles. The Morgan fingerprint density at radius 3 is 2.61 bits per heavy atom. The fourth-order valence-corrected chi connectivity index (χ4v) is 3.47. The van der Waals surface area contributed by atoms with E-state index in [2.05, 4.69) is 32.2 Å². The quantitative estimate of drug-likeness (QED) is 0.890. The minimum atomic E-state index is -0.775. The molecule has 0 bridgehead atoms. The van der Waals surface area contributed by atoms with Gasteiger partial charge in [0.1, 0.15) is 5.82 Å². The monoisotopic (exact) mass is 337 g/mol. The molecule has 1 aromatic rings. The standard InChI is InChI=1S/C17H21ClFN3O/c1-17(2,3)7-13-11(8-20)14(15(22-13)16(21)23)10-5-4-9(18)6-12(10)19/h4-6,11,13-15,22H,7H2,1-3H3,(H2,21,23)/t11-,13-,14+,15+/m0/s1. The largest absolute Gasteiger partial charge is 0.368 e. The molecule has 2 rings (SSSR count). The van der Waals surface area contributed by atoms with Crippen LogP contribution in [0.5, 0.6) is 0 Å². The van der Waals surface area contributed by atoms with Gasteiger partial charge >= 0.3 is 0 Å². The molecular formula is C17H21ClFN3O. The van der Waals surface area contributed by atoms with Gasteiger partial charge in [0.2, 0.25) is 5.91 Å². The number of halogens is 2. The Bertz CT molecular complexity index is 650. The van der Waals surface area contributed by atoms with Crippen LogP contribution in [-0.4, -0.2) is 18.0 Å². The van der Waals surface area contributed by atoms with E-state index in [9.17, 15) is 14.4 Å². The Labute approximate surface area is 140 Å². The van der Waals surface area contributed by atoms with Gasteiger partial charge in [0.15, 0.2) is 0 Å². The Hall–Kier alpha value is -1.64. The van der Waals surface area contributed by atoms with E-state index in [1.54, 1.807) is 6.07 Å². The lowest BCUT2D eigenvalue weighted by molar-refractivity contribution is -0.120. The number of hydrogen-bond donors (Lipinski definition) is 2. The number of hydrogen-bond acceptors (Lipinski definition) is 3. The van der Waals surface area contributed by atoms with Crippen molar-refractivity contribution in [1.82, 2.24) is 5.32 Å². The smallest absolute Gasteiger partial charge is 0.235 e. The lowest BCUT2D eigenvalue weighted by atomic mass is 9.78. The van der Waals surface area contributed by atoms with Crippen LogP contribution in [0.4, 0.5) is 4.39 Å². The molecule has 0 saturated carbocycles. The van der Waals surface area contributed by atoms with E-state index in [1.165, 1.54) is 12.1 Å². The minimum absolute atomic E-state index is 0.0393. The molecule has 1 aromatic carbocycles. The van der Waals surface area contributed by atoms with E-state index >= 15 is 0 Å². The van der Waals surface area contributed by atoms with Gasteiger partial charge in [0.25, 0.3) is 0 Å². The zero-order chi connectivity index (χ0) is 17.4. The van der Waals surface area contributed by atoms with Crippen molar-refractivity contribution in [2.75, 3.05) is 0 Å². The molecule has 4 atom stereocenters. The molecule has 0 aromatic heterocycles. The topological polar surface area (TPSA) is 78.9 Å². The van der Waals surface area contributed by atoms with Gasteiger partial charge in [-0.15, -0.1) is 0 Å². The highest BCUT2D eigenvalue weighted by molar-refractivity contribution is 6.30. The Morgan fingerprint density at radius 1 is 1.48 bits per heavy atom. The summed E-state index contributed by atoms with van der Waals surface area (Å²) in [4.78, 5) is 11.8. The molecule has 23 heavy (non-hydrogen) atoms. The van der Waals surface area contributed by atoms with Crippen LogP contribution >= 0.6 is 11.6 Å². The zero-order valence-corrected chi connectivity index (χ0v) is 14.2. The van der Waals surface area contributed by atoms with Crippen LogP contribution < -0.4 is 11.1 Å². The molecule has 4 nitrogen and oxygen atoms in total. The molecule has 124 valence electrons. The van der Waals surface area contributed by atoms with Crippen molar-refractivity contribution in [3.63, 3.8) is 0 Å². The number of rotatable bonds is 3. The molecule has 1 aliphatic heterocycles. The summed E-state index contributed by atoms with van der Waals surface area (Å²) >= 11 is 5.80. The average molecular weight is 338 g/mol. The number of primary amides is 1. The average Bonchev–Trinajstić information content (AvgIpc) is 2.75. The molecule has 1 heterocycles. The summed E-state index contributed by atoms with van der Waals surface area (Å²) in [5.41, 5.74) is 5.75. The van der Waals surface area contributed by atoms with Crippen LogP contribution in [0.3, 0.4) is 0 Å². The molecule has 0 spiro atoms. The SMILES string of the molecule is CC(C)(C)C[C@@H]1N[C@@H](C(N)=O)[C@H](c2ccc(Cl)cc2F)[C@H]1C#N. The van der Waals surface area contributed by atoms with E-state index < -0.39 is 29.6 Å². The van der Waals surface area contributed by atoms with Crippen LogP contribution in [0, 0.1) is 28.5 Å². The van der Waals surface area contributed by atoms with Crippen molar-refractivity contribution in [1.29, 1.82) is 5.26 Å². The van der Waals surface area contributed by atoms with Crippen LogP contribution in [0.2, 0.25) is 5.02 Å². The number of carbonyl (C=O) groups is 1. The highest BCUT2D eigenvalue weighted by Gasteiger charge is 2.48. The fourth-order valence-electron chi connectivity index (χ4n) is 3.32. The summed E-state index contributed by atoms with van der Waals surface area (Å²) < 4.78 is 14.3. The first-order chi connectivity index (χ1) is 10.6. The van der Waals surface area contributed by atoms with Gasteiger partial charge in [0, 0.05) is 17.0 Å². The summed E-state index contributed by atoms with van der Waals surface area (Å²) in [7, 11) is 0. The summed E-state index contributed by atoms with van der Waals surface area (Å²) in [5.74, 6) is -2.27. The zero-order valence-electron chi connectivity index (χ0n) is 13.4. The van der Waals surface area contributed by atoms with E-state index in [0.717, 1.165) is 0 Å². The molecule has 0 aliphatic carbocycles. The number of nitrogens with two attached hydrogens (primary N) is 1. The van der Waals surface area contributed by atoms with Gasteiger partial charge in [-0.1, -0.05) is 38.4 Å². The van der Waals surface area contributed by atoms with E-state index in [0.29, 0.717) is 12.0 Å². The van der Waals surface area contributed by atoms with Gasteiger partial charge in [-0.2, -0.15) is 5.26 Å². The molecule has 0 radical (unpaired) electrons. The molecule has 6 heteroatoms. The maximum Gasteiger partial charge on any atom is 0.235 e. The highest BCUT2D eigenvalue weighted by Crippen LogP contribution is 2.41. The second kappa shape index (κ2) is 6.46. The number of nitrogens with zero attached hydrogens (tertiary/aromatic N) is 1. The Morgan fingerprint density at radius 2 is 2.13 bits per heavy atom. The van der Waals surface area contributed by atoms with E-state index in [-0.39, 0.29) is 16.5 Å². The third-order valence-electron chi connectivity index (χ3n) is 4.18. The molecule has 3 N–H and O–H groups in total. The first kappa shape index (κ1) is 17.7. The van der Waals surface area contributed by atoms with Gasteiger partial charge in [-0.25, -0.2) is 4.39 Å². The van der Waals surface area contributed by atoms with Crippen molar-refractivity contribution >= 4 is 17.5 Å². The summed E-state index contributed by atoms with van der Waals surface area (Å²) in [6.45, 7) is 6.16. The van der Waals surface area contributed by atoms with Crippen LogP contribution in [0.15, 0.2) is 18.2 Å². The summed E-state index contributed by atoms with van der Waals surface area (Å²) in [6.07, 6.45) is 0.681. The molecule has 0 unspecified atom stereocenters. The number of nitrogens with one attached hydrogen (secondary N) is 1. The Balaban J connectivity index is 2.45. The van der Waals surface area contributed by atoms with Crippen molar-refractivity contribution in [3.05, 3.63) is 34.6 Å². The normalized spacial score (nSPS) is 27.7. The van der Waals surface area contributed by atoms with Crippen LogP contribution in [0.25, 0.3) is 0 Å². The van der Waals surface area contributed by atoms with Crippen LogP contribution in [0.1, 0.15) is 38.7 Å². The van der Waals surface area contributed by atoms with Crippen LogP contribution in [-0.2, 0) is 4.79 Å². The van der Waals surface area contributed by atoms with Crippen molar-refractivity contribution in [2.45, 2.75) is 45.2 Å². The third-order valence-corrected chi connectivity index (χ3v) is 4.42. The lowest BCUT2D eigenvalue weighted by Gasteiger charge is -2.25. The molecule has 1 aliphatic rings. The number of benzene rings is 1. The lowest BCUT2D eigenvalue weighted by Crippen LogP contribution is -2.42.